The maximum Gasteiger partial charge on any atom is 0.251 e. The number of methoxy groups -OCH3 is 1. The van der Waals surface area contributed by atoms with Gasteiger partial charge in [0.25, 0.3) is 5.91 Å². The molecule has 0 heterocycles. The average Bonchev–Trinajstić information content (AvgIpc) is 2.60. The summed E-state index contributed by atoms with van der Waals surface area (Å²) in [7, 11) is -1.81. The fourth-order valence-electron chi connectivity index (χ4n) is 2.57. The molecule has 0 aliphatic rings. The fraction of sp³-hybridized carbons (Fsp3) is 0.316. The number of aryl methyl sites for hydroxylation is 1. The van der Waals surface area contributed by atoms with E-state index in [1.807, 2.05) is 31.2 Å². The number of carbonyl (C=O) groups is 1. The van der Waals surface area contributed by atoms with E-state index in [9.17, 15) is 13.2 Å². The number of sulfonamides is 1. The first kappa shape index (κ1) is 19.8. The molecule has 0 bridgehead atoms. The molecule has 0 saturated heterocycles. The fourth-order valence-corrected chi connectivity index (χ4v) is 3.19. The van der Waals surface area contributed by atoms with Gasteiger partial charge in [0.05, 0.1) is 25.1 Å². The third-order valence-electron chi connectivity index (χ3n) is 4.03. The van der Waals surface area contributed by atoms with Gasteiger partial charge in [-0.1, -0.05) is 25.1 Å². The Morgan fingerprint density at radius 1 is 1.15 bits per heavy atom. The van der Waals surface area contributed by atoms with E-state index in [0.29, 0.717) is 11.3 Å². The van der Waals surface area contributed by atoms with Crippen molar-refractivity contribution in [2.75, 3.05) is 18.1 Å². The van der Waals surface area contributed by atoms with E-state index in [1.54, 1.807) is 32.2 Å². The number of hydrogen-bond donors (Lipinski definition) is 2. The molecular formula is C19H24N2O4S. The monoisotopic (exact) mass is 376 g/mol. The van der Waals surface area contributed by atoms with Crippen LogP contribution in [0.25, 0.3) is 0 Å². The van der Waals surface area contributed by atoms with E-state index in [-0.39, 0.29) is 11.9 Å². The number of rotatable bonds is 7. The molecule has 7 heteroatoms. The minimum Gasteiger partial charge on any atom is -0.497 e. The molecule has 0 spiro atoms. The molecule has 0 aromatic heterocycles. The van der Waals surface area contributed by atoms with Crippen molar-refractivity contribution in [2.24, 2.45) is 0 Å². The van der Waals surface area contributed by atoms with Crippen LogP contribution in [-0.2, 0) is 10.0 Å². The molecule has 0 unspecified atom stereocenters. The molecule has 0 aliphatic heterocycles. The van der Waals surface area contributed by atoms with Gasteiger partial charge in [0.15, 0.2) is 0 Å². The van der Waals surface area contributed by atoms with Gasteiger partial charge in [-0.05, 0) is 48.7 Å². The molecule has 2 rings (SSSR count). The lowest BCUT2D eigenvalue weighted by molar-refractivity contribution is 0.0935. The lowest BCUT2D eigenvalue weighted by atomic mass is 10.0. The van der Waals surface area contributed by atoms with Crippen molar-refractivity contribution in [2.45, 2.75) is 26.3 Å². The van der Waals surface area contributed by atoms with E-state index >= 15 is 0 Å². The molecule has 140 valence electrons. The predicted molar refractivity (Wildman–Crippen MR) is 103 cm³/mol. The van der Waals surface area contributed by atoms with E-state index in [0.717, 1.165) is 29.6 Å². The van der Waals surface area contributed by atoms with Crippen molar-refractivity contribution in [3.63, 3.8) is 0 Å². The van der Waals surface area contributed by atoms with E-state index in [2.05, 4.69) is 10.0 Å². The number of amides is 1. The lowest BCUT2D eigenvalue weighted by Crippen LogP contribution is -2.28. The topological polar surface area (TPSA) is 84.5 Å². The van der Waals surface area contributed by atoms with Crippen molar-refractivity contribution in [3.05, 3.63) is 59.2 Å². The summed E-state index contributed by atoms with van der Waals surface area (Å²) >= 11 is 0. The molecular weight excluding hydrogens is 352 g/mol. The van der Waals surface area contributed by atoms with Crippen LogP contribution in [-0.4, -0.2) is 27.7 Å². The Bertz CT molecular complexity index is 877. The van der Waals surface area contributed by atoms with Crippen LogP contribution in [0.2, 0.25) is 0 Å². The highest BCUT2D eigenvalue weighted by atomic mass is 32.2. The Labute approximate surface area is 154 Å². The first-order valence-corrected chi connectivity index (χ1v) is 10.2. The standard InChI is InChI=1S/C19H24N2O4S/c1-5-17(14-8-10-16(25-3)11-9-14)20-19(22)15-7-6-13(2)18(12-15)21-26(4,23)24/h6-12,17,21H,5H2,1-4H3,(H,20,22)/t17-/m0/s1. The van der Waals surface area contributed by atoms with Crippen LogP contribution in [0.1, 0.15) is 40.9 Å². The minimum atomic E-state index is -3.41. The summed E-state index contributed by atoms with van der Waals surface area (Å²) in [4.78, 5) is 12.6. The molecule has 1 atom stereocenters. The first-order chi connectivity index (χ1) is 12.2. The van der Waals surface area contributed by atoms with Gasteiger partial charge in [0, 0.05) is 5.56 Å². The Balaban J connectivity index is 2.20. The van der Waals surface area contributed by atoms with E-state index < -0.39 is 10.0 Å². The SMILES string of the molecule is CC[C@H](NC(=O)c1ccc(C)c(NS(C)(=O)=O)c1)c1ccc(OC)cc1. The summed E-state index contributed by atoms with van der Waals surface area (Å²) in [5.74, 6) is 0.495. The molecule has 0 saturated carbocycles. The largest absolute Gasteiger partial charge is 0.497 e. The molecule has 1 amide bonds. The number of nitrogens with one attached hydrogen (secondary N) is 2. The van der Waals surface area contributed by atoms with Crippen molar-refractivity contribution in [1.29, 1.82) is 0 Å². The Hall–Kier alpha value is -2.54. The van der Waals surface area contributed by atoms with Crippen molar-refractivity contribution in [3.8, 4) is 5.75 Å². The van der Waals surface area contributed by atoms with Crippen LogP contribution in [0, 0.1) is 6.92 Å². The summed E-state index contributed by atoms with van der Waals surface area (Å²) in [5, 5.41) is 2.99. The highest BCUT2D eigenvalue weighted by Gasteiger charge is 2.16. The number of anilines is 1. The van der Waals surface area contributed by atoms with Gasteiger partial charge in [-0.2, -0.15) is 0 Å². The molecule has 2 N–H and O–H groups in total. The van der Waals surface area contributed by atoms with Crippen LogP contribution < -0.4 is 14.8 Å². The summed E-state index contributed by atoms with van der Waals surface area (Å²) in [5.41, 5.74) is 2.52. The van der Waals surface area contributed by atoms with E-state index in [1.165, 1.54) is 0 Å². The smallest absolute Gasteiger partial charge is 0.251 e. The molecule has 26 heavy (non-hydrogen) atoms. The second kappa shape index (κ2) is 8.23. The minimum absolute atomic E-state index is 0.152. The summed E-state index contributed by atoms with van der Waals surface area (Å²) < 4.78 is 30.5. The van der Waals surface area contributed by atoms with Crippen molar-refractivity contribution >= 4 is 21.6 Å². The molecule has 2 aromatic rings. The van der Waals surface area contributed by atoms with Gasteiger partial charge < -0.3 is 10.1 Å². The molecule has 2 aromatic carbocycles. The Kier molecular flexibility index (Phi) is 6.26. The average molecular weight is 376 g/mol. The van der Waals surface area contributed by atoms with Crippen LogP contribution in [0.15, 0.2) is 42.5 Å². The zero-order valence-electron chi connectivity index (χ0n) is 15.4. The zero-order valence-corrected chi connectivity index (χ0v) is 16.2. The quantitative estimate of drug-likeness (QED) is 0.777. The second-order valence-corrected chi connectivity index (χ2v) is 7.86. The Morgan fingerprint density at radius 3 is 2.35 bits per heavy atom. The predicted octanol–water partition coefficient (Wildman–Crippen LogP) is 3.26. The summed E-state index contributed by atoms with van der Waals surface area (Å²) in [6, 6.07) is 12.3. The number of carbonyl (C=O) groups excluding carboxylic acids is 1. The van der Waals surface area contributed by atoms with Crippen molar-refractivity contribution < 1.29 is 17.9 Å². The molecule has 6 nitrogen and oxygen atoms in total. The van der Waals surface area contributed by atoms with Gasteiger partial charge >= 0.3 is 0 Å². The van der Waals surface area contributed by atoms with Crippen molar-refractivity contribution in [1.82, 2.24) is 5.32 Å². The van der Waals surface area contributed by atoms with Crippen LogP contribution >= 0.6 is 0 Å². The Morgan fingerprint density at radius 2 is 1.81 bits per heavy atom. The van der Waals surface area contributed by atoms with Gasteiger partial charge in [0.1, 0.15) is 5.75 Å². The van der Waals surface area contributed by atoms with E-state index in [4.69, 9.17) is 4.74 Å². The number of ether oxygens (including phenoxy) is 1. The van der Waals surface area contributed by atoms with Gasteiger partial charge in [-0.15, -0.1) is 0 Å². The summed E-state index contributed by atoms with van der Waals surface area (Å²) in [6.45, 7) is 3.77. The first-order valence-electron chi connectivity index (χ1n) is 8.26. The normalized spacial score (nSPS) is 12.3. The van der Waals surface area contributed by atoms with Gasteiger partial charge in [0.2, 0.25) is 10.0 Å². The molecule has 0 aliphatic carbocycles. The number of hydrogen-bond acceptors (Lipinski definition) is 4. The van der Waals surface area contributed by atoms with Crippen LogP contribution in [0.3, 0.4) is 0 Å². The number of benzene rings is 2. The molecule has 0 fully saturated rings. The molecule has 0 radical (unpaired) electrons. The highest BCUT2D eigenvalue weighted by molar-refractivity contribution is 7.92. The maximum atomic E-state index is 12.6. The van der Waals surface area contributed by atoms with Gasteiger partial charge in [-0.25, -0.2) is 8.42 Å². The lowest BCUT2D eigenvalue weighted by Gasteiger charge is -2.18. The van der Waals surface area contributed by atoms with Crippen LogP contribution in [0.4, 0.5) is 5.69 Å². The second-order valence-electron chi connectivity index (χ2n) is 6.11. The van der Waals surface area contributed by atoms with Crippen LogP contribution in [0.5, 0.6) is 5.75 Å². The third-order valence-corrected chi connectivity index (χ3v) is 4.62. The third kappa shape index (κ3) is 5.23. The highest BCUT2D eigenvalue weighted by Crippen LogP contribution is 2.22. The summed E-state index contributed by atoms with van der Waals surface area (Å²) in [6.07, 6.45) is 1.80. The zero-order chi connectivity index (χ0) is 19.3. The van der Waals surface area contributed by atoms with Gasteiger partial charge in [-0.3, -0.25) is 9.52 Å². The maximum absolute atomic E-state index is 12.6.